The predicted octanol–water partition coefficient (Wildman–Crippen LogP) is 4.76. The van der Waals surface area contributed by atoms with Crippen molar-refractivity contribution in [3.8, 4) is 0 Å². The molecular formula is C18H23FN4. The molecule has 4 nitrogen and oxygen atoms in total. The normalized spacial score (nSPS) is 15.3. The molecule has 1 aliphatic carbocycles. The molecule has 0 bridgehead atoms. The van der Waals surface area contributed by atoms with Crippen LogP contribution < -0.4 is 10.6 Å². The molecule has 1 fully saturated rings. The van der Waals surface area contributed by atoms with Gasteiger partial charge >= 0.3 is 0 Å². The summed E-state index contributed by atoms with van der Waals surface area (Å²) in [6.07, 6.45) is 3.36. The molecule has 0 amide bonds. The minimum absolute atomic E-state index is 0.218. The number of anilines is 3. The van der Waals surface area contributed by atoms with E-state index in [0.29, 0.717) is 35.0 Å². The number of nitrogens with zero attached hydrogens (tertiary/aromatic N) is 2. The molecule has 0 radical (unpaired) electrons. The molecule has 122 valence electrons. The fourth-order valence-corrected chi connectivity index (χ4v) is 2.32. The second-order valence-electron chi connectivity index (χ2n) is 6.32. The van der Waals surface area contributed by atoms with Gasteiger partial charge in [-0.25, -0.2) is 9.37 Å². The molecule has 1 aromatic carbocycles. The third-order valence-electron chi connectivity index (χ3n) is 4.17. The smallest absolute Gasteiger partial charge is 0.225 e. The number of rotatable bonds is 6. The maximum Gasteiger partial charge on any atom is 0.225 e. The van der Waals surface area contributed by atoms with Crippen LogP contribution in [0.2, 0.25) is 0 Å². The van der Waals surface area contributed by atoms with Crippen LogP contribution in [0.1, 0.15) is 50.3 Å². The van der Waals surface area contributed by atoms with Crippen molar-refractivity contribution in [3.63, 3.8) is 0 Å². The molecule has 0 saturated heterocycles. The monoisotopic (exact) mass is 314 g/mol. The molecule has 2 N–H and O–H groups in total. The maximum atomic E-state index is 13.7. The van der Waals surface area contributed by atoms with E-state index in [2.05, 4.69) is 34.4 Å². The van der Waals surface area contributed by atoms with Gasteiger partial charge in [0.05, 0.1) is 5.69 Å². The van der Waals surface area contributed by atoms with Gasteiger partial charge < -0.3 is 10.6 Å². The Bertz CT molecular complexity index is 697. The van der Waals surface area contributed by atoms with E-state index in [1.165, 1.54) is 18.9 Å². The number of aromatic nitrogens is 2. The first-order valence-corrected chi connectivity index (χ1v) is 8.24. The van der Waals surface area contributed by atoms with Crippen molar-refractivity contribution in [1.29, 1.82) is 0 Å². The van der Waals surface area contributed by atoms with Gasteiger partial charge in [-0.2, -0.15) is 4.98 Å². The minimum atomic E-state index is -0.218. The van der Waals surface area contributed by atoms with E-state index in [4.69, 9.17) is 0 Å². The second-order valence-corrected chi connectivity index (χ2v) is 6.32. The van der Waals surface area contributed by atoms with E-state index in [1.807, 2.05) is 12.1 Å². The van der Waals surface area contributed by atoms with Crippen molar-refractivity contribution in [2.75, 3.05) is 10.6 Å². The first-order chi connectivity index (χ1) is 11.0. The molecule has 0 unspecified atom stereocenters. The standard InChI is InChI=1S/C18H23FN4/c1-4-12(3)20-18-22-16(13-6-7-13)10-17(23-18)21-14-8-5-11(2)15(19)9-14/h5,8-10,12-13H,4,6-7H2,1-3H3,(H2,20,21,22,23)/t12-/m1/s1. The fourth-order valence-electron chi connectivity index (χ4n) is 2.32. The molecular weight excluding hydrogens is 291 g/mol. The van der Waals surface area contributed by atoms with E-state index in [9.17, 15) is 4.39 Å². The summed E-state index contributed by atoms with van der Waals surface area (Å²) < 4.78 is 13.7. The summed E-state index contributed by atoms with van der Waals surface area (Å²) in [5.74, 6) is 1.66. The highest BCUT2D eigenvalue weighted by Gasteiger charge is 2.26. The van der Waals surface area contributed by atoms with Crippen molar-refractivity contribution in [1.82, 2.24) is 9.97 Å². The van der Waals surface area contributed by atoms with Crippen LogP contribution in [0.5, 0.6) is 0 Å². The second kappa shape index (κ2) is 6.52. The zero-order valence-electron chi connectivity index (χ0n) is 13.9. The lowest BCUT2D eigenvalue weighted by atomic mass is 10.2. The fraction of sp³-hybridized carbons (Fsp3) is 0.444. The van der Waals surface area contributed by atoms with Gasteiger partial charge in [-0.15, -0.1) is 0 Å². The largest absolute Gasteiger partial charge is 0.352 e. The zero-order valence-corrected chi connectivity index (χ0v) is 13.9. The van der Waals surface area contributed by atoms with Crippen LogP contribution >= 0.6 is 0 Å². The van der Waals surface area contributed by atoms with E-state index in [1.54, 1.807) is 13.0 Å². The highest BCUT2D eigenvalue weighted by Crippen LogP contribution is 2.40. The molecule has 1 atom stereocenters. The Morgan fingerprint density at radius 2 is 2.04 bits per heavy atom. The minimum Gasteiger partial charge on any atom is -0.352 e. The van der Waals surface area contributed by atoms with Crippen molar-refractivity contribution in [2.24, 2.45) is 0 Å². The third-order valence-corrected chi connectivity index (χ3v) is 4.17. The lowest BCUT2D eigenvalue weighted by molar-refractivity contribution is 0.619. The first kappa shape index (κ1) is 15.7. The molecule has 2 aromatic rings. The number of benzene rings is 1. The maximum absolute atomic E-state index is 13.7. The van der Waals surface area contributed by atoms with Gasteiger partial charge in [0.15, 0.2) is 0 Å². The van der Waals surface area contributed by atoms with E-state index >= 15 is 0 Å². The van der Waals surface area contributed by atoms with Crippen molar-refractivity contribution < 1.29 is 4.39 Å². The average Bonchev–Trinajstić information content (AvgIpc) is 3.35. The van der Waals surface area contributed by atoms with Gasteiger partial charge in [-0.3, -0.25) is 0 Å². The molecule has 0 aliphatic heterocycles. The summed E-state index contributed by atoms with van der Waals surface area (Å²) in [7, 11) is 0. The Morgan fingerprint density at radius 3 is 2.70 bits per heavy atom. The summed E-state index contributed by atoms with van der Waals surface area (Å²) in [6, 6.07) is 7.40. The van der Waals surface area contributed by atoms with Gasteiger partial charge in [0.2, 0.25) is 5.95 Å². The topological polar surface area (TPSA) is 49.8 Å². The van der Waals surface area contributed by atoms with Crippen LogP contribution in [0.25, 0.3) is 0 Å². The zero-order chi connectivity index (χ0) is 16.4. The summed E-state index contributed by atoms with van der Waals surface area (Å²) in [5, 5.41) is 6.52. The molecule has 0 spiro atoms. The Balaban J connectivity index is 1.86. The SMILES string of the molecule is CC[C@@H](C)Nc1nc(Nc2ccc(C)c(F)c2)cc(C2CC2)n1. The van der Waals surface area contributed by atoms with Crippen LogP contribution in [0.4, 0.5) is 21.8 Å². The highest BCUT2D eigenvalue weighted by atomic mass is 19.1. The Morgan fingerprint density at radius 1 is 1.26 bits per heavy atom. The molecule has 3 rings (SSSR count). The van der Waals surface area contributed by atoms with Gasteiger partial charge in [-0.1, -0.05) is 13.0 Å². The molecule has 1 saturated carbocycles. The first-order valence-electron chi connectivity index (χ1n) is 8.24. The van der Waals surface area contributed by atoms with Gasteiger partial charge in [0.25, 0.3) is 0 Å². The van der Waals surface area contributed by atoms with Crippen LogP contribution in [-0.4, -0.2) is 16.0 Å². The van der Waals surface area contributed by atoms with Crippen LogP contribution in [0.3, 0.4) is 0 Å². The summed E-state index contributed by atoms with van der Waals surface area (Å²) >= 11 is 0. The number of hydrogen-bond acceptors (Lipinski definition) is 4. The van der Waals surface area contributed by atoms with Gasteiger partial charge in [-0.05, 0) is 50.8 Å². The van der Waals surface area contributed by atoms with E-state index in [0.717, 1.165) is 12.1 Å². The summed E-state index contributed by atoms with van der Waals surface area (Å²) in [4.78, 5) is 9.14. The average molecular weight is 314 g/mol. The van der Waals surface area contributed by atoms with Crippen molar-refractivity contribution in [2.45, 2.75) is 52.0 Å². The van der Waals surface area contributed by atoms with Crippen molar-refractivity contribution in [3.05, 3.63) is 41.3 Å². The molecule has 1 aliphatic rings. The number of halogens is 1. The summed E-state index contributed by atoms with van der Waals surface area (Å²) in [6.45, 7) is 5.98. The van der Waals surface area contributed by atoms with Gasteiger partial charge in [0, 0.05) is 23.7 Å². The van der Waals surface area contributed by atoms with Crippen LogP contribution in [0, 0.1) is 12.7 Å². The number of aryl methyl sites for hydroxylation is 1. The predicted molar refractivity (Wildman–Crippen MR) is 91.8 cm³/mol. The van der Waals surface area contributed by atoms with E-state index in [-0.39, 0.29) is 5.82 Å². The summed E-state index contributed by atoms with van der Waals surface area (Å²) in [5.41, 5.74) is 2.39. The van der Waals surface area contributed by atoms with Gasteiger partial charge in [0.1, 0.15) is 11.6 Å². The molecule has 23 heavy (non-hydrogen) atoms. The number of hydrogen-bond donors (Lipinski definition) is 2. The molecule has 5 heteroatoms. The highest BCUT2D eigenvalue weighted by molar-refractivity contribution is 5.58. The Kier molecular flexibility index (Phi) is 4.46. The van der Waals surface area contributed by atoms with Crippen molar-refractivity contribution >= 4 is 17.5 Å². The lowest BCUT2D eigenvalue weighted by Crippen LogP contribution is -2.16. The van der Waals surface area contributed by atoms with Crippen LogP contribution in [-0.2, 0) is 0 Å². The third kappa shape index (κ3) is 3.97. The van der Waals surface area contributed by atoms with Crippen LogP contribution in [0.15, 0.2) is 24.3 Å². The number of nitrogens with one attached hydrogen (secondary N) is 2. The molecule has 1 heterocycles. The Labute approximate surface area is 136 Å². The Hall–Kier alpha value is -2.17. The molecule has 1 aromatic heterocycles. The quantitative estimate of drug-likeness (QED) is 0.807. The lowest BCUT2D eigenvalue weighted by Gasteiger charge is -2.14. The van der Waals surface area contributed by atoms with E-state index < -0.39 is 0 Å².